The van der Waals surface area contributed by atoms with E-state index in [1.807, 2.05) is 6.07 Å². The second-order valence-corrected chi connectivity index (χ2v) is 4.18. The second-order valence-electron chi connectivity index (χ2n) is 4.18. The minimum Gasteiger partial charge on any atom is -0.475 e. The molecule has 1 aliphatic rings. The van der Waals surface area contributed by atoms with Crippen molar-refractivity contribution in [3.05, 3.63) is 34.9 Å². The van der Waals surface area contributed by atoms with Gasteiger partial charge >= 0.3 is 5.97 Å². The van der Waals surface area contributed by atoms with Crippen LogP contribution in [-0.4, -0.2) is 16.9 Å². The predicted molar refractivity (Wildman–Crippen MR) is 59.7 cm³/mol. The minimum atomic E-state index is -1.38. The van der Waals surface area contributed by atoms with Crippen molar-refractivity contribution in [2.45, 2.75) is 32.1 Å². The molecule has 0 fully saturated rings. The number of ketones is 1. The summed E-state index contributed by atoms with van der Waals surface area (Å²) >= 11 is 0. The highest BCUT2D eigenvalue weighted by atomic mass is 16.4. The van der Waals surface area contributed by atoms with Gasteiger partial charge in [0.15, 0.2) is 0 Å². The first-order chi connectivity index (χ1) is 7.68. The monoisotopic (exact) mass is 218 g/mol. The van der Waals surface area contributed by atoms with Crippen molar-refractivity contribution in [3.63, 3.8) is 0 Å². The zero-order valence-electron chi connectivity index (χ0n) is 9.03. The number of benzene rings is 1. The molecule has 16 heavy (non-hydrogen) atoms. The van der Waals surface area contributed by atoms with Gasteiger partial charge in [0.25, 0.3) is 5.78 Å². The maximum absolute atomic E-state index is 11.3. The number of carbonyl (C=O) groups is 2. The van der Waals surface area contributed by atoms with E-state index in [0.29, 0.717) is 5.56 Å². The number of aryl methyl sites for hydroxylation is 2. The van der Waals surface area contributed by atoms with Gasteiger partial charge in [-0.2, -0.15) is 0 Å². The molecule has 0 atom stereocenters. The van der Waals surface area contributed by atoms with Crippen molar-refractivity contribution in [1.82, 2.24) is 0 Å². The molecule has 1 N–H and O–H groups in total. The van der Waals surface area contributed by atoms with Gasteiger partial charge in [-0.25, -0.2) is 4.79 Å². The van der Waals surface area contributed by atoms with Crippen molar-refractivity contribution in [3.8, 4) is 0 Å². The summed E-state index contributed by atoms with van der Waals surface area (Å²) in [4.78, 5) is 21.9. The number of hydrogen-bond acceptors (Lipinski definition) is 2. The van der Waals surface area contributed by atoms with Crippen LogP contribution in [0, 0.1) is 0 Å². The van der Waals surface area contributed by atoms with Crippen LogP contribution in [-0.2, 0) is 17.6 Å². The van der Waals surface area contributed by atoms with Crippen LogP contribution in [0.2, 0.25) is 0 Å². The van der Waals surface area contributed by atoms with E-state index in [0.717, 1.165) is 24.8 Å². The number of hydrogen-bond donors (Lipinski definition) is 1. The highest BCUT2D eigenvalue weighted by molar-refractivity contribution is 6.39. The lowest BCUT2D eigenvalue weighted by Crippen LogP contribution is -2.13. The van der Waals surface area contributed by atoms with E-state index in [-0.39, 0.29) is 0 Å². The number of Topliss-reactive ketones (excluding diaryl/α,β-unsaturated/α-hetero) is 1. The first kappa shape index (κ1) is 10.9. The molecular formula is C13H14O3. The molecule has 0 saturated heterocycles. The van der Waals surface area contributed by atoms with Gasteiger partial charge in [0.1, 0.15) is 0 Å². The van der Waals surface area contributed by atoms with Gasteiger partial charge in [-0.05, 0) is 42.9 Å². The Kier molecular flexibility index (Phi) is 3.04. The quantitative estimate of drug-likeness (QED) is 0.470. The third kappa shape index (κ3) is 2.13. The Balaban J connectivity index is 2.34. The summed E-state index contributed by atoms with van der Waals surface area (Å²) < 4.78 is 0. The molecule has 84 valence electrons. The molecule has 3 nitrogen and oxygen atoms in total. The maximum atomic E-state index is 11.3. The largest absolute Gasteiger partial charge is 0.475 e. The molecule has 0 unspecified atom stereocenters. The Hall–Kier alpha value is -1.64. The lowest BCUT2D eigenvalue weighted by molar-refractivity contribution is -0.131. The molecule has 1 aromatic carbocycles. The Labute approximate surface area is 94.1 Å². The van der Waals surface area contributed by atoms with Crippen molar-refractivity contribution in [1.29, 1.82) is 0 Å². The van der Waals surface area contributed by atoms with Gasteiger partial charge in [-0.3, -0.25) is 4.79 Å². The Morgan fingerprint density at radius 3 is 2.38 bits per heavy atom. The molecule has 0 heterocycles. The van der Waals surface area contributed by atoms with Crippen LogP contribution < -0.4 is 0 Å². The van der Waals surface area contributed by atoms with E-state index >= 15 is 0 Å². The lowest BCUT2D eigenvalue weighted by Gasteiger charge is -2.06. The van der Waals surface area contributed by atoms with Gasteiger partial charge in [0.2, 0.25) is 0 Å². The molecule has 0 spiro atoms. The van der Waals surface area contributed by atoms with E-state index in [1.54, 1.807) is 12.1 Å². The fourth-order valence-corrected chi connectivity index (χ4v) is 2.17. The fourth-order valence-electron chi connectivity index (χ4n) is 2.17. The lowest BCUT2D eigenvalue weighted by atomic mass is 9.98. The topological polar surface area (TPSA) is 54.4 Å². The van der Waals surface area contributed by atoms with Gasteiger partial charge in [-0.1, -0.05) is 18.6 Å². The van der Waals surface area contributed by atoms with Crippen LogP contribution in [0.15, 0.2) is 18.2 Å². The van der Waals surface area contributed by atoms with Gasteiger partial charge in [0.05, 0.1) is 0 Å². The Morgan fingerprint density at radius 1 is 1.00 bits per heavy atom. The summed E-state index contributed by atoms with van der Waals surface area (Å²) in [5, 5.41) is 8.65. The molecule has 1 aromatic rings. The van der Waals surface area contributed by atoms with Crippen LogP contribution in [0.5, 0.6) is 0 Å². The van der Waals surface area contributed by atoms with Crippen LogP contribution in [0.3, 0.4) is 0 Å². The smallest absolute Gasteiger partial charge is 0.377 e. The standard InChI is InChI=1S/C13H14O3/c14-12(13(15)16)11-7-6-9-4-2-1-3-5-10(9)8-11/h6-8H,1-5H2,(H,15,16). The first-order valence-corrected chi connectivity index (χ1v) is 5.58. The number of carboxylic acid groups (broad SMARTS) is 1. The molecule has 0 aromatic heterocycles. The van der Waals surface area contributed by atoms with E-state index < -0.39 is 11.8 Å². The molecule has 0 aliphatic heterocycles. The maximum Gasteiger partial charge on any atom is 0.377 e. The SMILES string of the molecule is O=C(O)C(=O)c1ccc2c(c1)CCCCC2. The minimum absolute atomic E-state index is 0.299. The van der Waals surface area contributed by atoms with Crippen LogP contribution in [0.25, 0.3) is 0 Å². The number of rotatable bonds is 2. The molecular weight excluding hydrogens is 204 g/mol. The van der Waals surface area contributed by atoms with E-state index in [9.17, 15) is 9.59 Å². The van der Waals surface area contributed by atoms with Crippen molar-refractivity contribution in [2.75, 3.05) is 0 Å². The zero-order valence-corrected chi connectivity index (χ0v) is 9.03. The highest BCUT2D eigenvalue weighted by Gasteiger charge is 2.16. The second kappa shape index (κ2) is 4.47. The third-order valence-electron chi connectivity index (χ3n) is 3.05. The average molecular weight is 218 g/mol. The van der Waals surface area contributed by atoms with Gasteiger partial charge in [-0.15, -0.1) is 0 Å². The first-order valence-electron chi connectivity index (χ1n) is 5.58. The molecule has 3 heteroatoms. The van der Waals surface area contributed by atoms with Crippen LogP contribution in [0.1, 0.15) is 40.7 Å². The molecule has 0 amide bonds. The number of carbonyl (C=O) groups excluding carboxylic acids is 1. The van der Waals surface area contributed by atoms with Crippen molar-refractivity contribution in [2.24, 2.45) is 0 Å². The molecule has 0 bridgehead atoms. The van der Waals surface area contributed by atoms with Crippen molar-refractivity contribution >= 4 is 11.8 Å². The van der Waals surface area contributed by atoms with E-state index in [2.05, 4.69) is 0 Å². The van der Waals surface area contributed by atoms with Crippen LogP contribution in [0.4, 0.5) is 0 Å². The summed E-state index contributed by atoms with van der Waals surface area (Å²) in [6.45, 7) is 0. The summed E-state index contributed by atoms with van der Waals surface area (Å²) in [5.74, 6) is -2.19. The summed E-state index contributed by atoms with van der Waals surface area (Å²) in [7, 11) is 0. The summed E-state index contributed by atoms with van der Waals surface area (Å²) in [5.41, 5.74) is 2.71. The van der Waals surface area contributed by atoms with E-state index in [1.165, 1.54) is 18.4 Å². The van der Waals surface area contributed by atoms with E-state index in [4.69, 9.17) is 5.11 Å². The molecule has 0 saturated carbocycles. The fraction of sp³-hybridized carbons (Fsp3) is 0.385. The highest BCUT2D eigenvalue weighted by Crippen LogP contribution is 2.21. The van der Waals surface area contributed by atoms with Gasteiger partial charge in [0, 0.05) is 5.56 Å². The molecule has 2 rings (SSSR count). The third-order valence-corrected chi connectivity index (χ3v) is 3.05. The number of aliphatic carboxylic acids is 1. The molecule has 0 radical (unpaired) electrons. The summed E-state index contributed by atoms with van der Waals surface area (Å²) in [6, 6.07) is 5.27. The average Bonchev–Trinajstić information content (AvgIpc) is 2.51. The van der Waals surface area contributed by atoms with Crippen molar-refractivity contribution < 1.29 is 14.7 Å². The molecule has 1 aliphatic carbocycles. The zero-order chi connectivity index (χ0) is 11.5. The number of fused-ring (bicyclic) bond motifs is 1. The normalized spacial score (nSPS) is 15.0. The Bertz CT molecular complexity index is 435. The van der Waals surface area contributed by atoms with Crippen LogP contribution >= 0.6 is 0 Å². The Morgan fingerprint density at radius 2 is 1.69 bits per heavy atom. The predicted octanol–water partition coefficient (Wildman–Crippen LogP) is 2.22. The number of carboxylic acids is 1. The van der Waals surface area contributed by atoms with Gasteiger partial charge < -0.3 is 5.11 Å². The summed E-state index contributed by atoms with van der Waals surface area (Å²) in [6.07, 6.45) is 5.50.